The predicted molar refractivity (Wildman–Crippen MR) is 201 cm³/mol. The van der Waals surface area contributed by atoms with Crippen molar-refractivity contribution in [1.29, 1.82) is 0 Å². The van der Waals surface area contributed by atoms with Gasteiger partial charge >= 0.3 is 18.0 Å². The summed E-state index contributed by atoms with van der Waals surface area (Å²) in [5, 5.41) is 22.9. The smallest absolute Gasteiger partial charge is 0.407 e. The van der Waals surface area contributed by atoms with E-state index in [2.05, 4.69) is 10.6 Å². The molecule has 1 saturated heterocycles. The highest BCUT2D eigenvalue weighted by molar-refractivity contribution is 7.92. The van der Waals surface area contributed by atoms with Gasteiger partial charge in [-0.1, -0.05) is 36.4 Å². The second kappa shape index (κ2) is 18.7. The van der Waals surface area contributed by atoms with Crippen molar-refractivity contribution in [2.24, 2.45) is 0 Å². The minimum absolute atomic E-state index is 0.0119. The first-order valence-corrected chi connectivity index (χ1v) is 19.4. The van der Waals surface area contributed by atoms with Gasteiger partial charge in [-0.05, 0) is 59.9 Å². The Morgan fingerprint density at radius 3 is 2.02 bits per heavy atom. The van der Waals surface area contributed by atoms with Crippen LogP contribution >= 0.6 is 0 Å². The quantitative estimate of drug-likeness (QED) is 0.0820. The van der Waals surface area contributed by atoms with Crippen molar-refractivity contribution < 1.29 is 66.3 Å². The lowest BCUT2D eigenvalue weighted by atomic mass is 9.89. The summed E-state index contributed by atoms with van der Waals surface area (Å²) in [5.41, 5.74) is 1.24. The number of hydrogen-bond donors (Lipinski definition) is 4. The maximum absolute atomic E-state index is 14.1. The van der Waals surface area contributed by atoms with Crippen LogP contribution in [0.25, 0.3) is 0 Å². The van der Waals surface area contributed by atoms with E-state index in [-0.39, 0.29) is 55.9 Å². The van der Waals surface area contributed by atoms with E-state index in [0.717, 1.165) is 10.5 Å². The fourth-order valence-corrected chi connectivity index (χ4v) is 8.53. The Bertz CT molecular complexity index is 2120. The van der Waals surface area contributed by atoms with Gasteiger partial charge < -0.3 is 44.5 Å². The van der Waals surface area contributed by atoms with Crippen LogP contribution in [0.1, 0.15) is 41.0 Å². The van der Waals surface area contributed by atoms with Crippen LogP contribution in [0.3, 0.4) is 0 Å². The van der Waals surface area contributed by atoms with Gasteiger partial charge in [0.15, 0.2) is 15.2 Å². The molecule has 3 amide bonds. The van der Waals surface area contributed by atoms with Crippen molar-refractivity contribution in [3.63, 3.8) is 0 Å². The summed E-state index contributed by atoms with van der Waals surface area (Å²) >= 11 is 0. The maximum atomic E-state index is 14.1. The monoisotopic (exact) mass is 809 g/mol. The van der Waals surface area contributed by atoms with Gasteiger partial charge in [-0.25, -0.2) is 18.0 Å². The number of ether oxygens (including phenoxy) is 5. The first kappa shape index (κ1) is 42.0. The van der Waals surface area contributed by atoms with Crippen LogP contribution in [-0.4, -0.2) is 105 Å². The van der Waals surface area contributed by atoms with E-state index in [1.807, 2.05) is 0 Å². The molecule has 3 aromatic rings. The molecular weight excluding hydrogens is 767 g/mol. The minimum Gasteiger partial charge on any atom is -0.497 e. The summed E-state index contributed by atoms with van der Waals surface area (Å²) in [5.74, 6) is -4.35. The molecule has 18 heteroatoms. The Morgan fingerprint density at radius 1 is 0.860 bits per heavy atom. The summed E-state index contributed by atoms with van der Waals surface area (Å²) in [6.07, 6.45) is -0.887. The van der Waals surface area contributed by atoms with Crippen LogP contribution in [0.5, 0.6) is 17.2 Å². The molecule has 5 rings (SSSR count). The van der Waals surface area contributed by atoms with Crippen molar-refractivity contribution in [3.05, 3.63) is 100 Å². The lowest BCUT2D eigenvalue weighted by Gasteiger charge is -2.49. The number of alkyl carbamates (subject to hydrolysis) is 1. The number of nitrogens with zero attached hydrogens (tertiary/aromatic N) is 1. The van der Waals surface area contributed by atoms with Crippen LogP contribution in [0.4, 0.5) is 4.79 Å². The first-order chi connectivity index (χ1) is 27.3. The minimum atomic E-state index is -4.24. The predicted octanol–water partition coefficient (Wildman–Crippen LogP) is 2.20. The standard InChI is InChI=1S/C39H43N3O14S/c1-52-27-11-6-23(7-12-27)20-55-38(48)34-26(19-43)22-57(50,51)37-33(36(47)42(34)37)41-35(46)29(30-17-25(18-32(44)45)10-15-31(30)54-3)5-4-16-40-39(49)56-21-24-8-13-28(53-2)14-9-24/h6-15,17,29,33,37,43H,4-5,16,18-22H2,1-3H3,(H,40,49)(H,41,46)(H,44,45)/t29?,33-,37-/m0/s1. The zero-order valence-electron chi connectivity index (χ0n) is 31.4. The fourth-order valence-electron chi connectivity index (χ4n) is 6.51. The summed E-state index contributed by atoms with van der Waals surface area (Å²) < 4.78 is 53.4. The summed E-state index contributed by atoms with van der Waals surface area (Å²) in [4.78, 5) is 65.9. The Balaban J connectivity index is 1.31. The second-order valence-corrected chi connectivity index (χ2v) is 15.2. The van der Waals surface area contributed by atoms with Gasteiger partial charge in [-0.15, -0.1) is 0 Å². The van der Waals surface area contributed by atoms with Crippen molar-refractivity contribution >= 4 is 39.7 Å². The molecule has 17 nitrogen and oxygen atoms in total. The van der Waals surface area contributed by atoms with E-state index in [1.165, 1.54) is 39.5 Å². The van der Waals surface area contributed by atoms with E-state index in [1.54, 1.807) is 48.5 Å². The number of carboxylic acids is 1. The number of aliphatic hydroxyl groups excluding tert-OH is 1. The summed E-state index contributed by atoms with van der Waals surface area (Å²) in [6, 6.07) is 16.4. The third kappa shape index (κ3) is 10.0. The number of β-lactam (4-membered cyclic amide) rings is 1. The SMILES string of the molecule is COc1ccc(COC(=O)NCCCC(C(=O)N[C@H]2C(=O)N3C(C(=O)OCc4ccc(OC)cc4)=C(CO)CS(=O)(=O)[C@@H]23)c2cc(CC(=O)O)ccc2OC)cc1. The number of hydrogen-bond acceptors (Lipinski definition) is 13. The second-order valence-electron chi connectivity index (χ2n) is 13.1. The molecular formula is C39H43N3O14S. The van der Waals surface area contributed by atoms with E-state index < -0.39 is 75.1 Å². The molecule has 0 aromatic heterocycles. The highest BCUT2D eigenvalue weighted by Gasteiger charge is 2.61. The molecule has 0 aliphatic carbocycles. The molecule has 0 saturated carbocycles. The van der Waals surface area contributed by atoms with E-state index in [9.17, 15) is 42.6 Å². The van der Waals surface area contributed by atoms with E-state index >= 15 is 0 Å². The molecule has 0 radical (unpaired) electrons. The number of sulfone groups is 1. The number of amides is 3. The average molecular weight is 810 g/mol. The van der Waals surface area contributed by atoms with Gasteiger partial charge in [-0.2, -0.15) is 0 Å². The molecule has 3 atom stereocenters. The Hall–Kier alpha value is -6.14. The average Bonchev–Trinajstić information content (AvgIpc) is 3.20. The van der Waals surface area contributed by atoms with Gasteiger partial charge in [0, 0.05) is 17.7 Å². The molecule has 0 spiro atoms. The summed E-state index contributed by atoms with van der Waals surface area (Å²) in [7, 11) is 0.137. The molecule has 0 bridgehead atoms. The molecule has 57 heavy (non-hydrogen) atoms. The molecule has 304 valence electrons. The van der Waals surface area contributed by atoms with Crippen LogP contribution in [0, 0.1) is 0 Å². The molecule has 4 N–H and O–H groups in total. The van der Waals surface area contributed by atoms with Crippen molar-refractivity contribution in [1.82, 2.24) is 15.5 Å². The van der Waals surface area contributed by atoms with Gasteiger partial charge in [0.25, 0.3) is 5.91 Å². The Morgan fingerprint density at radius 2 is 1.46 bits per heavy atom. The molecule has 3 aromatic carbocycles. The number of esters is 1. The van der Waals surface area contributed by atoms with Crippen LogP contribution in [0.15, 0.2) is 78.0 Å². The number of carboxylic acid groups (broad SMARTS) is 1. The molecule has 1 fully saturated rings. The fraction of sp³-hybridized carbons (Fsp3) is 0.359. The number of aliphatic hydroxyl groups is 1. The highest BCUT2D eigenvalue weighted by Crippen LogP contribution is 2.38. The highest BCUT2D eigenvalue weighted by atomic mass is 32.2. The number of carbonyl (C=O) groups is 5. The number of rotatable bonds is 18. The number of nitrogens with one attached hydrogen (secondary N) is 2. The molecule has 2 aliphatic heterocycles. The van der Waals surface area contributed by atoms with Gasteiger partial charge in [0.2, 0.25) is 5.91 Å². The lowest BCUT2D eigenvalue weighted by Crippen LogP contribution is -2.75. The van der Waals surface area contributed by atoms with Gasteiger partial charge in [0.05, 0.1) is 46.0 Å². The van der Waals surface area contributed by atoms with E-state index in [0.29, 0.717) is 22.6 Å². The number of methoxy groups -OCH3 is 3. The van der Waals surface area contributed by atoms with Gasteiger partial charge in [0.1, 0.15) is 42.2 Å². The lowest BCUT2D eigenvalue weighted by molar-refractivity contribution is -0.154. The van der Waals surface area contributed by atoms with Crippen molar-refractivity contribution in [2.75, 3.05) is 40.2 Å². The maximum Gasteiger partial charge on any atom is 0.407 e. The van der Waals surface area contributed by atoms with Crippen molar-refractivity contribution in [2.45, 2.75) is 49.8 Å². The number of benzene rings is 3. The van der Waals surface area contributed by atoms with Crippen LogP contribution in [0.2, 0.25) is 0 Å². The topological polar surface area (TPSA) is 233 Å². The molecule has 2 heterocycles. The number of aliphatic carboxylic acids is 1. The van der Waals surface area contributed by atoms with Crippen molar-refractivity contribution in [3.8, 4) is 17.2 Å². The number of carbonyl (C=O) groups excluding carboxylic acids is 4. The number of fused-ring (bicyclic) bond motifs is 1. The third-order valence-corrected chi connectivity index (χ3v) is 11.4. The Labute approximate surface area is 328 Å². The first-order valence-electron chi connectivity index (χ1n) is 17.7. The zero-order chi connectivity index (χ0) is 41.3. The normalized spacial score (nSPS) is 17.3. The van der Waals surface area contributed by atoms with E-state index in [4.69, 9.17) is 23.7 Å². The van der Waals surface area contributed by atoms with Crippen LogP contribution in [-0.2, 0) is 58.1 Å². The summed E-state index contributed by atoms with van der Waals surface area (Å²) in [6.45, 7) is -1.05. The molecule has 2 aliphatic rings. The molecule has 1 unspecified atom stereocenters. The Kier molecular flexibility index (Phi) is 13.8. The largest absolute Gasteiger partial charge is 0.497 e. The van der Waals surface area contributed by atoms with Crippen LogP contribution < -0.4 is 24.8 Å². The zero-order valence-corrected chi connectivity index (χ0v) is 32.2. The third-order valence-electron chi connectivity index (χ3n) is 9.38. The van der Waals surface area contributed by atoms with Gasteiger partial charge in [-0.3, -0.25) is 19.3 Å².